The first kappa shape index (κ1) is 14.8. The van der Waals surface area contributed by atoms with E-state index in [1.807, 2.05) is 18.5 Å². The van der Waals surface area contributed by atoms with Crippen LogP contribution in [0.5, 0.6) is 0 Å². The molecule has 1 aromatic carbocycles. The van der Waals surface area contributed by atoms with Crippen LogP contribution in [0.3, 0.4) is 0 Å². The molecule has 0 amide bonds. The maximum Gasteiger partial charge on any atom is 0.303 e. The van der Waals surface area contributed by atoms with Gasteiger partial charge in [-0.15, -0.1) is 0 Å². The van der Waals surface area contributed by atoms with Crippen molar-refractivity contribution in [3.63, 3.8) is 0 Å². The second-order valence-corrected chi connectivity index (χ2v) is 5.71. The number of aliphatic carboxylic acids is 1. The van der Waals surface area contributed by atoms with Crippen molar-refractivity contribution in [1.29, 1.82) is 0 Å². The van der Waals surface area contributed by atoms with E-state index in [2.05, 4.69) is 33.0 Å². The zero-order valence-corrected chi connectivity index (χ0v) is 12.6. The van der Waals surface area contributed by atoms with E-state index in [-0.39, 0.29) is 6.42 Å². The Morgan fingerprint density at radius 1 is 1.14 bits per heavy atom. The highest BCUT2D eigenvalue weighted by Crippen LogP contribution is 2.26. The lowest BCUT2D eigenvalue weighted by Crippen LogP contribution is -2.46. The Kier molecular flexibility index (Phi) is 4.53. The van der Waals surface area contributed by atoms with Gasteiger partial charge in [0.15, 0.2) is 0 Å². The van der Waals surface area contributed by atoms with E-state index in [0.29, 0.717) is 0 Å². The van der Waals surface area contributed by atoms with Crippen molar-refractivity contribution in [2.45, 2.75) is 12.8 Å². The van der Waals surface area contributed by atoms with E-state index >= 15 is 0 Å². The van der Waals surface area contributed by atoms with E-state index in [4.69, 9.17) is 5.11 Å². The molecule has 1 aromatic heterocycles. The Labute approximate surface area is 130 Å². The highest BCUT2D eigenvalue weighted by Gasteiger charge is 2.18. The lowest BCUT2D eigenvalue weighted by atomic mass is 10.1. The lowest BCUT2D eigenvalue weighted by Gasteiger charge is -2.36. The highest BCUT2D eigenvalue weighted by atomic mass is 16.4. The minimum absolute atomic E-state index is 0.257. The molecule has 2 aromatic rings. The molecular formula is C17H21N3O2. The first-order valence-electron chi connectivity index (χ1n) is 7.76. The van der Waals surface area contributed by atoms with Crippen molar-refractivity contribution in [2.75, 3.05) is 37.6 Å². The van der Waals surface area contributed by atoms with Gasteiger partial charge in [0, 0.05) is 49.6 Å². The van der Waals surface area contributed by atoms with E-state index in [9.17, 15) is 4.79 Å². The summed E-state index contributed by atoms with van der Waals surface area (Å²) in [6.07, 6.45) is 4.84. The van der Waals surface area contributed by atoms with Crippen molar-refractivity contribution in [3.8, 4) is 0 Å². The molecule has 0 radical (unpaired) electrons. The molecular weight excluding hydrogens is 278 g/mol. The number of hydrogen-bond acceptors (Lipinski definition) is 4. The molecule has 3 rings (SSSR count). The van der Waals surface area contributed by atoms with Gasteiger partial charge in [0.25, 0.3) is 0 Å². The van der Waals surface area contributed by atoms with Gasteiger partial charge in [-0.3, -0.25) is 14.7 Å². The summed E-state index contributed by atoms with van der Waals surface area (Å²) in [5.74, 6) is -0.708. The molecule has 1 aliphatic heterocycles. The monoisotopic (exact) mass is 299 g/mol. The van der Waals surface area contributed by atoms with Gasteiger partial charge in [-0.25, -0.2) is 0 Å². The number of fused-ring (bicyclic) bond motifs is 1. The number of anilines is 1. The fourth-order valence-corrected chi connectivity index (χ4v) is 3.02. The number of piperazine rings is 1. The molecule has 0 spiro atoms. The zero-order valence-electron chi connectivity index (χ0n) is 12.6. The molecule has 0 aliphatic carbocycles. The second kappa shape index (κ2) is 6.75. The SMILES string of the molecule is O=C(O)CCCN1CCN(c2cncc3ccccc23)CC1. The molecule has 116 valence electrons. The first-order chi connectivity index (χ1) is 10.7. The van der Waals surface area contributed by atoms with Gasteiger partial charge >= 0.3 is 5.97 Å². The standard InChI is InChI=1S/C17H21N3O2/c21-17(22)6-3-7-19-8-10-20(11-9-19)16-13-18-12-14-4-1-2-5-15(14)16/h1-2,4-5,12-13H,3,6-11H2,(H,21,22). The summed E-state index contributed by atoms with van der Waals surface area (Å²) in [7, 11) is 0. The molecule has 1 fully saturated rings. The first-order valence-corrected chi connectivity index (χ1v) is 7.76. The maximum atomic E-state index is 10.6. The maximum absolute atomic E-state index is 10.6. The van der Waals surface area contributed by atoms with Gasteiger partial charge in [-0.2, -0.15) is 0 Å². The van der Waals surface area contributed by atoms with Gasteiger partial charge in [0.1, 0.15) is 0 Å². The Morgan fingerprint density at radius 2 is 1.91 bits per heavy atom. The average molecular weight is 299 g/mol. The van der Waals surface area contributed by atoms with Crippen LogP contribution in [0.4, 0.5) is 5.69 Å². The second-order valence-electron chi connectivity index (χ2n) is 5.71. The molecule has 0 atom stereocenters. The average Bonchev–Trinajstić information content (AvgIpc) is 2.55. The number of benzene rings is 1. The Morgan fingerprint density at radius 3 is 2.68 bits per heavy atom. The third-order valence-electron chi connectivity index (χ3n) is 4.23. The molecule has 1 saturated heterocycles. The number of nitrogens with zero attached hydrogens (tertiary/aromatic N) is 3. The number of pyridine rings is 1. The number of carboxylic acid groups (broad SMARTS) is 1. The van der Waals surface area contributed by atoms with Crippen LogP contribution >= 0.6 is 0 Å². The Balaban J connectivity index is 1.62. The topological polar surface area (TPSA) is 56.7 Å². The largest absolute Gasteiger partial charge is 0.481 e. The summed E-state index contributed by atoms with van der Waals surface area (Å²) < 4.78 is 0. The summed E-state index contributed by atoms with van der Waals surface area (Å²) >= 11 is 0. The van der Waals surface area contributed by atoms with Gasteiger partial charge in [-0.05, 0) is 13.0 Å². The summed E-state index contributed by atoms with van der Waals surface area (Å²) in [5.41, 5.74) is 1.20. The number of rotatable bonds is 5. The number of carboxylic acids is 1. The number of hydrogen-bond donors (Lipinski definition) is 1. The fourth-order valence-electron chi connectivity index (χ4n) is 3.02. The minimum Gasteiger partial charge on any atom is -0.481 e. The molecule has 0 saturated carbocycles. The molecule has 22 heavy (non-hydrogen) atoms. The van der Waals surface area contributed by atoms with Crippen LogP contribution in [0.25, 0.3) is 10.8 Å². The summed E-state index contributed by atoms with van der Waals surface area (Å²) in [6, 6.07) is 8.34. The smallest absolute Gasteiger partial charge is 0.303 e. The van der Waals surface area contributed by atoms with Crippen molar-refractivity contribution in [2.24, 2.45) is 0 Å². The third-order valence-corrected chi connectivity index (χ3v) is 4.23. The molecule has 2 heterocycles. The third kappa shape index (κ3) is 3.36. The van der Waals surface area contributed by atoms with Gasteiger partial charge in [0.05, 0.1) is 11.9 Å². The van der Waals surface area contributed by atoms with Crippen LogP contribution in [0.1, 0.15) is 12.8 Å². The molecule has 1 N–H and O–H groups in total. The normalized spacial score (nSPS) is 16.1. The molecule has 0 bridgehead atoms. The quantitative estimate of drug-likeness (QED) is 0.917. The molecule has 5 nitrogen and oxygen atoms in total. The van der Waals surface area contributed by atoms with Gasteiger partial charge in [0.2, 0.25) is 0 Å². The van der Waals surface area contributed by atoms with E-state index in [1.165, 1.54) is 16.5 Å². The van der Waals surface area contributed by atoms with Crippen molar-refractivity contribution < 1.29 is 9.90 Å². The van der Waals surface area contributed by atoms with Crippen LogP contribution in [0.15, 0.2) is 36.7 Å². The van der Waals surface area contributed by atoms with Crippen LogP contribution in [-0.4, -0.2) is 53.7 Å². The van der Waals surface area contributed by atoms with Crippen LogP contribution < -0.4 is 4.90 Å². The lowest BCUT2D eigenvalue weighted by molar-refractivity contribution is -0.137. The van der Waals surface area contributed by atoms with Crippen molar-refractivity contribution >= 4 is 22.4 Å². The van der Waals surface area contributed by atoms with E-state index < -0.39 is 5.97 Å². The number of carbonyl (C=O) groups is 1. The van der Waals surface area contributed by atoms with E-state index in [0.717, 1.165) is 39.1 Å². The number of aromatic nitrogens is 1. The highest BCUT2D eigenvalue weighted by molar-refractivity contribution is 5.93. The molecule has 5 heteroatoms. The van der Waals surface area contributed by atoms with Gasteiger partial charge in [-0.1, -0.05) is 24.3 Å². The summed E-state index contributed by atoms with van der Waals surface area (Å²) in [4.78, 5) is 19.6. The van der Waals surface area contributed by atoms with E-state index in [1.54, 1.807) is 0 Å². The van der Waals surface area contributed by atoms with Crippen LogP contribution in [0.2, 0.25) is 0 Å². The van der Waals surface area contributed by atoms with Crippen LogP contribution in [-0.2, 0) is 4.79 Å². The van der Waals surface area contributed by atoms with Crippen molar-refractivity contribution in [3.05, 3.63) is 36.7 Å². The Bertz CT molecular complexity index is 646. The Hall–Kier alpha value is -2.14. The van der Waals surface area contributed by atoms with Crippen LogP contribution in [0, 0.1) is 0 Å². The predicted octanol–water partition coefficient (Wildman–Crippen LogP) is 2.22. The summed E-state index contributed by atoms with van der Waals surface area (Å²) in [5, 5.41) is 11.1. The fraction of sp³-hybridized carbons (Fsp3) is 0.412. The molecule has 1 aliphatic rings. The van der Waals surface area contributed by atoms with Crippen molar-refractivity contribution in [1.82, 2.24) is 9.88 Å². The summed E-state index contributed by atoms with van der Waals surface area (Å²) in [6.45, 7) is 4.74. The van der Waals surface area contributed by atoms with Gasteiger partial charge < -0.3 is 10.0 Å². The predicted molar refractivity (Wildman–Crippen MR) is 87.3 cm³/mol. The molecule has 0 unspecified atom stereocenters. The minimum atomic E-state index is -0.708. The zero-order chi connectivity index (χ0) is 15.4.